The molecule has 3 nitrogen and oxygen atoms in total. The van der Waals surface area contributed by atoms with Crippen molar-refractivity contribution >= 4 is 0 Å². The first kappa shape index (κ1) is 13.1. The number of aromatic amines is 1. The van der Waals surface area contributed by atoms with E-state index in [1.165, 1.54) is 0 Å². The van der Waals surface area contributed by atoms with Gasteiger partial charge in [-0.1, -0.05) is 26.7 Å². The Kier molecular flexibility index (Phi) is 4.00. The summed E-state index contributed by atoms with van der Waals surface area (Å²) in [7, 11) is 0. The van der Waals surface area contributed by atoms with Crippen molar-refractivity contribution in [2.24, 2.45) is 0 Å². The number of hydrogen-bond acceptors (Lipinski definition) is 1. The fraction of sp³-hybridized carbons (Fsp3) is 0.769. The third-order valence-electron chi connectivity index (χ3n) is 2.74. The van der Waals surface area contributed by atoms with Crippen LogP contribution in [-0.4, -0.2) is 9.78 Å². The van der Waals surface area contributed by atoms with Gasteiger partial charge in [-0.05, 0) is 33.6 Å². The second-order valence-electron chi connectivity index (χ2n) is 5.38. The predicted octanol–water partition coefficient (Wildman–Crippen LogP) is 2.84. The normalized spacial score (nSPS) is 12.1. The number of hydrogen-bond donors (Lipinski definition) is 1. The molecular formula is C13H24N2O. The van der Waals surface area contributed by atoms with E-state index < -0.39 is 0 Å². The highest BCUT2D eigenvalue weighted by atomic mass is 16.1. The molecule has 0 radical (unpaired) electrons. The minimum Gasteiger partial charge on any atom is -0.299 e. The molecule has 0 unspecified atom stereocenters. The third kappa shape index (κ3) is 2.57. The van der Waals surface area contributed by atoms with Crippen molar-refractivity contribution in [1.29, 1.82) is 0 Å². The standard InChI is InChI=1S/C13H24N2O/c1-6-8-10-11(9-7-2)14-15(12(10)16)13(3,4)5/h14H,6-9H2,1-5H3. The zero-order valence-corrected chi connectivity index (χ0v) is 11.2. The summed E-state index contributed by atoms with van der Waals surface area (Å²) in [5, 5.41) is 3.28. The van der Waals surface area contributed by atoms with E-state index >= 15 is 0 Å². The number of H-pyrrole nitrogens is 1. The van der Waals surface area contributed by atoms with Crippen molar-refractivity contribution in [3.8, 4) is 0 Å². The highest BCUT2D eigenvalue weighted by Crippen LogP contribution is 2.14. The van der Waals surface area contributed by atoms with Gasteiger partial charge in [0.1, 0.15) is 0 Å². The smallest absolute Gasteiger partial charge is 0.270 e. The molecule has 0 amide bonds. The zero-order chi connectivity index (χ0) is 12.3. The molecule has 0 spiro atoms. The molecule has 0 atom stereocenters. The van der Waals surface area contributed by atoms with E-state index in [9.17, 15) is 4.79 Å². The zero-order valence-electron chi connectivity index (χ0n) is 11.2. The summed E-state index contributed by atoms with van der Waals surface area (Å²) in [4.78, 5) is 12.2. The molecule has 0 saturated carbocycles. The van der Waals surface area contributed by atoms with Gasteiger partial charge in [0.05, 0.1) is 5.54 Å². The minimum absolute atomic E-state index is 0.161. The lowest BCUT2D eigenvalue weighted by Crippen LogP contribution is -2.33. The Hall–Kier alpha value is -0.990. The van der Waals surface area contributed by atoms with Crippen molar-refractivity contribution in [1.82, 2.24) is 9.78 Å². The van der Waals surface area contributed by atoms with E-state index in [1.807, 2.05) is 0 Å². The van der Waals surface area contributed by atoms with E-state index in [0.29, 0.717) is 0 Å². The van der Waals surface area contributed by atoms with Gasteiger partial charge in [-0.25, -0.2) is 4.68 Å². The maximum Gasteiger partial charge on any atom is 0.270 e. The van der Waals surface area contributed by atoms with Crippen molar-refractivity contribution in [3.63, 3.8) is 0 Å². The maximum atomic E-state index is 12.2. The number of aromatic nitrogens is 2. The molecule has 1 rings (SSSR count). The molecule has 92 valence electrons. The average Bonchev–Trinajstić information content (AvgIpc) is 2.46. The molecule has 1 heterocycles. The molecule has 0 aliphatic heterocycles. The van der Waals surface area contributed by atoms with Crippen molar-refractivity contribution in [3.05, 3.63) is 21.6 Å². The van der Waals surface area contributed by atoms with Gasteiger partial charge < -0.3 is 0 Å². The summed E-state index contributed by atoms with van der Waals surface area (Å²) in [5.41, 5.74) is 2.12. The Balaban J connectivity index is 3.24. The van der Waals surface area contributed by atoms with Crippen LogP contribution in [-0.2, 0) is 18.4 Å². The monoisotopic (exact) mass is 224 g/mol. The summed E-state index contributed by atoms with van der Waals surface area (Å²) >= 11 is 0. The number of aryl methyl sites for hydroxylation is 1. The first-order chi connectivity index (χ1) is 7.41. The Labute approximate surface area is 97.8 Å². The molecule has 1 N–H and O–H groups in total. The van der Waals surface area contributed by atoms with Gasteiger partial charge >= 0.3 is 0 Å². The van der Waals surface area contributed by atoms with Gasteiger partial charge in [0, 0.05) is 11.3 Å². The maximum absolute atomic E-state index is 12.2. The summed E-state index contributed by atoms with van der Waals surface area (Å²) in [5.74, 6) is 0. The Morgan fingerprint density at radius 1 is 1.12 bits per heavy atom. The van der Waals surface area contributed by atoms with Gasteiger partial charge in [0.2, 0.25) is 0 Å². The predicted molar refractivity (Wildman–Crippen MR) is 68.0 cm³/mol. The largest absolute Gasteiger partial charge is 0.299 e. The molecule has 1 aromatic rings. The van der Waals surface area contributed by atoms with Gasteiger partial charge in [0.25, 0.3) is 5.56 Å². The van der Waals surface area contributed by atoms with Gasteiger partial charge in [-0.15, -0.1) is 0 Å². The highest BCUT2D eigenvalue weighted by Gasteiger charge is 2.20. The topological polar surface area (TPSA) is 37.8 Å². The fourth-order valence-electron chi connectivity index (χ4n) is 1.95. The third-order valence-corrected chi connectivity index (χ3v) is 2.74. The van der Waals surface area contributed by atoms with E-state index in [4.69, 9.17) is 0 Å². The van der Waals surface area contributed by atoms with Crippen LogP contribution < -0.4 is 5.56 Å². The molecule has 0 aliphatic rings. The Bertz CT molecular complexity index is 393. The van der Waals surface area contributed by atoms with Gasteiger partial charge in [-0.2, -0.15) is 0 Å². The minimum atomic E-state index is -0.161. The Morgan fingerprint density at radius 3 is 2.12 bits per heavy atom. The first-order valence-electron chi connectivity index (χ1n) is 6.25. The van der Waals surface area contributed by atoms with Crippen LogP contribution in [0.1, 0.15) is 58.7 Å². The molecule has 0 aromatic carbocycles. The van der Waals surface area contributed by atoms with Gasteiger partial charge in [-0.3, -0.25) is 9.89 Å². The molecule has 1 aromatic heterocycles. The molecule has 0 fully saturated rings. The molecule has 0 bridgehead atoms. The molecular weight excluding hydrogens is 200 g/mol. The lowest BCUT2D eigenvalue weighted by Gasteiger charge is -2.19. The van der Waals surface area contributed by atoms with Crippen molar-refractivity contribution in [2.75, 3.05) is 0 Å². The SMILES string of the molecule is CCCc1[nH]n(C(C)(C)C)c(=O)c1CCC. The number of nitrogens with one attached hydrogen (secondary N) is 1. The van der Waals surface area contributed by atoms with Crippen LogP contribution in [0.25, 0.3) is 0 Å². The van der Waals surface area contributed by atoms with Crippen LogP contribution in [0.3, 0.4) is 0 Å². The van der Waals surface area contributed by atoms with Crippen LogP contribution in [0.15, 0.2) is 4.79 Å². The summed E-state index contributed by atoms with van der Waals surface area (Å²) in [6.45, 7) is 10.4. The number of nitrogens with zero attached hydrogens (tertiary/aromatic N) is 1. The van der Waals surface area contributed by atoms with E-state index in [1.54, 1.807) is 4.68 Å². The summed E-state index contributed by atoms with van der Waals surface area (Å²) in [6, 6.07) is 0. The van der Waals surface area contributed by atoms with Crippen LogP contribution in [0.2, 0.25) is 0 Å². The van der Waals surface area contributed by atoms with Crippen LogP contribution in [0, 0.1) is 0 Å². The quantitative estimate of drug-likeness (QED) is 0.839. The second kappa shape index (κ2) is 4.89. The number of rotatable bonds is 4. The van der Waals surface area contributed by atoms with E-state index in [0.717, 1.165) is 36.9 Å². The lowest BCUT2D eigenvalue weighted by molar-refractivity contribution is 0.343. The molecule has 0 aliphatic carbocycles. The first-order valence-corrected chi connectivity index (χ1v) is 6.25. The Morgan fingerprint density at radius 2 is 1.69 bits per heavy atom. The molecule has 0 saturated heterocycles. The second-order valence-corrected chi connectivity index (χ2v) is 5.38. The van der Waals surface area contributed by atoms with Gasteiger partial charge in [0.15, 0.2) is 0 Å². The van der Waals surface area contributed by atoms with Crippen molar-refractivity contribution in [2.45, 2.75) is 65.8 Å². The summed E-state index contributed by atoms with van der Waals surface area (Å²) in [6.07, 6.45) is 3.94. The van der Waals surface area contributed by atoms with Crippen LogP contribution >= 0.6 is 0 Å². The van der Waals surface area contributed by atoms with Crippen molar-refractivity contribution < 1.29 is 0 Å². The van der Waals surface area contributed by atoms with E-state index in [-0.39, 0.29) is 11.1 Å². The molecule has 3 heteroatoms. The molecule has 16 heavy (non-hydrogen) atoms. The van der Waals surface area contributed by atoms with Crippen LogP contribution in [0.5, 0.6) is 0 Å². The summed E-state index contributed by atoms with van der Waals surface area (Å²) < 4.78 is 1.77. The van der Waals surface area contributed by atoms with Crippen LogP contribution in [0.4, 0.5) is 0 Å². The average molecular weight is 224 g/mol. The highest BCUT2D eigenvalue weighted by molar-refractivity contribution is 5.18. The van der Waals surface area contributed by atoms with E-state index in [2.05, 4.69) is 39.7 Å². The fourth-order valence-corrected chi connectivity index (χ4v) is 1.95. The lowest BCUT2D eigenvalue weighted by atomic mass is 10.1.